The molecule has 0 unspecified atom stereocenters. The van der Waals surface area contributed by atoms with Crippen molar-refractivity contribution in [3.63, 3.8) is 0 Å². The molecule has 0 saturated heterocycles. The summed E-state index contributed by atoms with van der Waals surface area (Å²) in [4.78, 5) is 0. The Balaban J connectivity index is 2.40. The molecule has 0 aliphatic heterocycles. The van der Waals surface area contributed by atoms with E-state index in [-0.39, 0.29) is 0 Å². The summed E-state index contributed by atoms with van der Waals surface area (Å²) in [5, 5.41) is 0. The smallest absolute Gasteiger partial charge is 0.161 e. The Bertz CT molecular complexity index is 355. The lowest BCUT2D eigenvalue weighted by atomic mass is 10.1. The molecular formula is C15H25NO3. The van der Waals surface area contributed by atoms with E-state index in [0.29, 0.717) is 19.8 Å². The van der Waals surface area contributed by atoms with Crippen LogP contribution in [-0.4, -0.2) is 33.5 Å². The first-order chi connectivity index (χ1) is 9.31. The fourth-order valence-corrected chi connectivity index (χ4v) is 1.71. The van der Waals surface area contributed by atoms with Crippen molar-refractivity contribution in [2.24, 2.45) is 5.73 Å². The summed E-state index contributed by atoms with van der Waals surface area (Å²) in [6.07, 6.45) is 3.09. The van der Waals surface area contributed by atoms with E-state index in [9.17, 15) is 0 Å². The van der Waals surface area contributed by atoms with Gasteiger partial charge in [-0.25, -0.2) is 0 Å². The molecule has 0 saturated carbocycles. The predicted molar refractivity (Wildman–Crippen MR) is 77.0 cm³/mol. The highest BCUT2D eigenvalue weighted by molar-refractivity contribution is 5.43. The van der Waals surface area contributed by atoms with Gasteiger partial charge in [0.05, 0.1) is 13.7 Å². The maximum atomic E-state index is 5.66. The highest BCUT2D eigenvalue weighted by atomic mass is 16.5. The molecule has 0 aliphatic rings. The summed E-state index contributed by atoms with van der Waals surface area (Å²) in [5.74, 6) is 1.50. The highest BCUT2D eigenvalue weighted by Gasteiger charge is 2.05. The largest absolute Gasteiger partial charge is 0.493 e. The van der Waals surface area contributed by atoms with E-state index in [4.69, 9.17) is 19.9 Å². The van der Waals surface area contributed by atoms with E-state index in [1.807, 2.05) is 18.2 Å². The zero-order valence-corrected chi connectivity index (χ0v) is 12.0. The molecule has 1 rings (SSSR count). The van der Waals surface area contributed by atoms with Gasteiger partial charge in [0.15, 0.2) is 11.5 Å². The second-order valence-corrected chi connectivity index (χ2v) is 4.34. The summed E-state index contributed by atoms with van der Waals surface area (Å²) in [5.41, 5.74) is 6.70. The third kappa shape index (κ3) is 5.94. The average molecular weight is 267 g/mol. The van der Waals surface area contributed by atoms with Crippen molar-refractivity contribution in [2.75, 3.05) is 33.5 Å². The Kier molecular flexibility index (Phi) is 8.02. The van der Waals surface area contributed by atoms with Crippen molar-refractivity contribution < 1.29 is 14.2 Å². The van der Waals surface area contributed by atoms with Crippen LogP contribution in [0.1, 0.15) is 25.3 Å². The van der Waals surface area contributed by atoms with Gasteiger partial charge in [-0.05, 0) is 37.1 Å². The van der Waals surface area contributed by atoms with Crippen LogP contribution in [0.25, 0.3) is 0 Å². The summed E-state index contributed by atoms with van der Waals surface area (Å²) in [7, 11) is 1.65. The molecular weight excluding hydrogens is 242 g/mol. The summed E-state index contributed by atoms with van der Waals surface area (Å²) >= 11 is 0. The number of hydrogen-bond acceptors (Lipinski definition) is 4. The normalized spacial score (nSPS) is 10.5. The van der Waals surface area contributed by atoms with E-state index in [0.717, 1.165) is 42.9 Å². The second kappa shape index (κ2) is 9.64. The lowest BCUT2D eigenvalue weighted by molar-refractivity contribution is 0.0970. The van der Waals surface area contributed by atoms with E-state index < -0.39 is 0 Å². The second-order valence-electron chi connectivity index (χ2n) is 4.34. The first-order valence-corrected chi connectivity index (χ1v) is 6.89. The third-order valence-electron chi connectivity index (χ3n) is 2.79. The van der Waals surface area contributed by atoms with E-state index in [1.54, 1.807) is 7.11 Å². The molecule has 0 aromatic heterocycles. The average Bonchev–Trinajstić information content (AvgIpc) is 2.44. The van der Waals surface area contributed by atoms with E-state index >= 15 is 0 Å². The van der Waals surface area contributed by atoms with E-state index in [1.165, 1.54) is 0 Å². The first kappa shape index (κ1) is 15.8. The van der Waals surface area contributed by atoms with Crippen molar-refractivity contribution >= 4 is 0 Å². The predicted octanol–water partition coefficient (Wildman–Crippen LogP) is 2.39. The summed E-state index contributed by atoms with van der Waals surface area (Å²) in [6, 6.07) is 5.92. The minimum Gasteiger partial charge on any atom is -0.493 e. The number of ether oxygens (including phenoxy) is 3. The molecule has 0 atom stereocenters. The third-order valence-corrected chi connectivity index (χ3v) is 2.79. The molecule has 4 nitrogen and oxygen atoms in total. The van der Waals surface area contributed by atoms with Gasteiger partial charge in [-0.3, -0.25) is 0 Å². The number of unbranched alkanes of at least 4 members (excludes halogenated alkanes) is 1. The minimum atomic E-state index is 0.538. The summed E-state index contributed by atoms with van der Waals surface area (Å²) in [6.45, 7) is 4.72. The molecule has 2 N–H and O–H groups in total. The van der Waals surface area contributed by atoms with Crippen molar-refractivity contribution in [3.8, 4) is 11.5 Å². The summed E-state index contributed by atoms with van der Waals surface area (Å²) < 4.78 is 16.4. The molecule has 0 spiro atoms. The molecule has 0 heterocycles. The topological polar surface area (TPSA) is 53.7 Å². The maximum absolute atomic E-state index is 5.66. The first-order valence-electron chi connectivity index (χ1n) is 6.89. The van der Waals surface area contributed by atoms with Gasteiger partial charge in [0.2, 0.25) is 0 Å². The van der Waals surface area contributed by atoms with Gasteiger partial charge in [0.1, 0.15) is 6.61 Å². The van der Waals surface area contributed by atoms with Crippen molar-refractivity contribution in [1.29, 1.82) is 0 Å². The molecule has 19 heavy (non-hydrogen) atoms. The Labute approximate surface area is 115 Å². The number of nitrogens with two attached hydrogens (primary N) is 1. The zero-order chi connectivity index (χ0) is 13.9. The van der Waals surface area contributed by atoms with Crippen LogP contribution < -0.4 is 15.2 Å². The molecule has 0 aliphatic carbocycles. The van der Waals surface area contributed by atoms with Crippen molar-refractivity contribution in [1.82, 2.24) is 0 Å². The fraction of sp³-hybridized carbons (Fsp3) is 0.600. The van der Waals surface area contributed by atoms with Crippen LogP contribution >= 0.6 is 0 Å². The molecule has 0 bridgehead atoms. The minimum absolute atomic E-state index is 0.538. The zero-order valence-electron chi connectivity index (χ0n) is 12.0. The Morgan fingerprint density at radius 2 is 1.95 bits per heavy atom. The highest BCUT2D eigenvalue weighted by Crippen LogP contribution is 2.28. The van der Waals surface area contributed by atoms with E-state index in [2.05, 4.69) is 6.92 Å². The standard InChI is InChI=1S/C15H25NO3/c1-3-4-9-18-10-11-19-14-6-5-13(7-8-16)12-15(14)17-2/h5-6,12H,3-4,7-11,16H2,1-2H3. The number of benzene rings is 1. The van der Waals surface area contributed by atoms with Gasteiger partial charge in [0, 0.05) is 6.61 Å². The van der Waals surface area contributed by atoms with Gasteiger partial charge >= 0.3 is 0 Å². The van der Waals surface area contributed by atoms with Gasteiger partial charge in [0.25, 0.3) is 0 Å². The lowest BCUT2D eigenvalue weighted by Crippen LogP contribution is -2.08. The SMILES string of the molecule is CCCCOCCOc1ccc(CCN)cc1OC. The van der Waals surface area contributed by atoms with Crippen LogP contribution in [0.15, 0.2) is 18.2 Å². The van der Waals surface area contributed by atoms with Crippen LogP contribution in [0.5, 0.6) is 11.5 Å². The monoisotopic (exact) mass is 267 g/mol. The Morgan fingerprint density at radius 3 is 2.63 bits per heavy atom. The van der Waals surface area contributed by atoms with Crippen LogP contribution in [0, 0.1) is 0 Å². The van der Waals surface area contributed by atoms with Crippen LogP contribution in [0.2, 0.25) is 0 Å². The number of hydrogen-bond donors (Lipinski definition) is 1. The number of rotatable bonds is 10. The quantitative estimate of drug-likeness (QED) is 0.661. The Hall–Kier alpha value is -1.26. The van der Waals surface area contributed by atoms with Crippen LogP contribution in [-0.2, 0) is 11.2 Å². The lowest BCUT2D eigenvalue weighted by Gasteiger charge is -2.12. The molecule has 108 valence electrons. The van der Waals surface area contributed by atoms with Crippen LogP contribution in [0.3, 0.4) is 0 Å². The fourth-order valence-electron chi connectivity index (χ4n) is 1.71. The van der Waals surface area contributed by atoms with Gasteiger partial charge in [-0.15, -0.1) is 0 Å². The molecule has 4 heteroatoms. The Morgan fingerprint density at radius 1 is 1.11 bits per heavy atom. The number of methoxy groups -OCH3 is 1. The molecule has 0 fully saturated rings. The molecule has 0 radical (unpaired) electrons. The molecule has 1 aromatic rings. The van der Waals surface area contributed by atoms with Gasteiger partial charge in [-0.2, -0.15) is 0 Å². The van der Waals surface area contributed by atoms with Crippen molar-refractivity contribution in [2.45, 2.75) is 26.2 Å². The van der Waals surface area contributed by atoms with Crippen LogP contribution in [0.4, 0.5) is 0 Å². The maximum Gasteiger partial charge on any atom is 0.161 e. The van der Waals surface area contributed by atoms with Crippen molar-refractivity contribution in [3.05, 3.63) is 23.8 Å². The molecule has 1 aromatic carbocycles. The van der Waals surface area contributed by atoms with Gasteiger partial charge < -0.3 is 19.9 Å². The molecule has 0 amide bonds. The van der Waals surface area contributed by atoms with Gasteiger partial charge in [-0.1, -0.05) is 19.4 Å².